The number of hydrogen-bond donors (Lipinski definition) is 0. The Kier molecular flexibility index (Phi) is 2.32. The molecule has 20 heavy (non-hydrogen) atoms. The molecule has 0 aliphatic rings. The summed E-state index contributed by atoms with van der Waals surface area (Å²) in [6.07, 6.45) is 6.24. The fourth-order valence-electron chi connectivity index (χ4n) is 1.98. The Morgan fingerprint density at radius 3 is 2.20 bits per heavy atom. The molecular weight excluding hydrogens is 256 g/mol. The van der Waals surface area contributed by atoms with Gasteiger partial charge >= 0.3 is 0 Å². The van der Waals surface area contributed by atoms with E-state index in [4.69, 9.17) is 8.83 Å². The zero-order chi connectivity index (χ0) is 13.4. The van der Waals surface area contributed by atoms with Gasteiger partial charge in [0.25, 0.3) is 0 Å². The maximum atomic E-state index is 5.42. The van der Waals surface area contributed by atoms with Crippen LogP contribution in [0, 0.1) is 0 Å². The lowest BCUT2D eigenvalue weighted by Crippen LogP contribution is -1.96. The molecule has 6 heteroatoms. The number of aromatic nitrogens is 4. The SMILES string of the molecule is c1coc(-c2nc3cncnc3nc2-c2ccco2)c1. The van der Waals surface area contributed by atoms with Gasteiger partial charge in [-0.3, -0.25) is 0 Å². The topological polar surface area (TPSA) is 77.8 Å². The van der Waals surface area contributed by atoms with Crippen molar-refractivity contribution in [1.82, 2.24) is 19.9 Å². The lowest BCUT2D eigenvalue weighted by molar-refractivity contribution is 0.572. The van der Waals surface area contributed by atoms with Crippen LogP contribution < -0.4 is 0 Å². The Morgan fingerprint density at radius 2 is 1.55 bits per heavy atom. The molecule has 4 rings (SSSR count). The molecule has 0 bridgehead atoms. The minimum atomic E-state index is 0.515. The monoisotopic (exact) mass is 264 g/mol. The Hall–Kier alpha value is -3.02. The number of nitrogens with zero attached hydrogens (tertiary/aromatic N) is 4. The average molecular weight is 264 g/mol. The summed E-state index contributed by atoms with van der Waals surface area (Å²) in [4.78, 5) is 17.1. The molecule has 0 radical (unpaired) electrons. The van der Waals surface area contributed by atoms with Crippen molar-refractivity contribution in [3.63, 3.8) is 0 Å². The number of rotatable bonds is 2. The third-order valence-electron chi connectivity index (χ3n) is 2.86. The van der Waals surface area contributed by atoms with Gasteiger partial charge in [0, 0.05) is 0 Å². The van der Waals surface area contributed by atoms with Crippen molar-refractivity contribution in [2.45, 2.75) is 0 Å². The summed E-state index contributed by atoms with van der Waals surface area (Å²) >= 11 is 0. The lowest BCUT2D eigenvalue weighted by atomic mass is 10.2. The second-order valence-corrected chi connectivity index (χ2v) is 4.11. The minimum Gasteiger partial charge on any atom is -0.463 e. The quantitative estimate of drug-likeness (QED) is 0.554. The van der Waals surface area contributed by atoms with Crippen molar-refractivity contribution in [2.75, 3.05) is 0 Å². The Morgan fingerprint density at radius 1 is 0.850 bits per heavy atom. The van der Waals surface area contributed by atoms with Gasteiger partial charge in [-0.15, -0.1) is 0 Å². The molecule has 0 unspecified atom stereocenters. The highest BCUT2D eigenvalue weighted by atomic mass is 16.3. The smallest absolute Gasteiger partial charge is 0.182 e. The van der Waals surface area contributed by atoms with Gasteiger partial charge in [0.05, 0.1) is 18.7 Å². The molecule has 0 amide bonds. The van der Waals surface area contributed by atoms with Crippen LogP contribution in [0.2, 0.25) is 0 Å². The van der Waals surface area contributed by atoms with Crippen LogP contribution in [0.25, 0.3) is 34.1 Å². The summed E-state index contributed by atoms with van der Waals surface area (Å²) < 4.78 is 10.8. The first kappa shape index (κ1) is 10.9. The third kappa shape index (κ3) is 1.66. The largest absolute Gasteiger partial charge is 0.463 e. The van der Waals surface area contributed by atoms with Gasteiger partial charge in [0.1, 0.15) is 23.2 Å². The van der Waals surface area contributed by atoms with Crippen molar-refractivity contribution >= 4 is 11.2 Å². The van der Waals surface area contributed by atoms with E-state index in [1.54, 1.807) is 30.9 Å². The first-order valence-corrected chi connectivity index (χ1v) is 5.97. The predicted octanol–water partition coefficient (Wildman–Crippen LogP) is 2.94. The summed E-state index contributed by atoms with van der Waals surface area (Å²) in [6, 6.07) is 7.25. The van der Waals surface area contributed by atoms with E-state index in [1.165, 1.54) is 6.33 Å². The highest BCUT2D eigenvalue weighted by Crippen LogP contribution is 2.30. The van der Waals surface area contributed by atoms with Gasteiger partial charge in [0.2, 0.25) is 0 Å². The normalized spacial score (nSPS) is 11.0. The van der Waals surface area contributed by atoms with Crippen LogP contribution in [0.3, 0.4) is 0 Å². The van der Waals surface area contributed by atoms with Gasteiger partial charge in [-0.05, 0) is 24.3 Å². The molecule has 4 aromatic heterocycles. The summed E-state index contributed by atoms with van der Waals surface area (Å²) in [7, 11) is 0. The standard InChI is InChI=1S/C14H8N4O2/c1-3-10(19-5-1)12-13(11-4-2-6-20-11)18-14-9(17-12)7-15-8-16-14/h1-8H. The molecule has 0 aromatic carbocycles. The van der Waals surface area contributed by atoms with E-state index in [-0.39, 0.29) is 0 Å². The van der Waals surface area contributed by atoms with Crippen LogP contribution in [0.15, 0.2) is 58.2 Å². The van der Waals surface area contributed by atoms with Crippen molar-refractivity contribution < 1.29 is 8.83 Å². The second kappa shape index (κ2) is 4.27. The minimum absolute atomic E-state index is 0.515. The van der Waals surface area contributed by atoms with Crippen LogP contribution in [0.4, 0.5) is 0 Å². The van der Waals surface area contributed by atoms with Gasteiger partial charge < -0.3 is 8.83 Å². The van der Waals surface area contributed by atoms with E-state index >= 15 is 0 Å². The van der Waals surface area contributed by atoms with Crippen LogP contribution >= 0.6 is 0 Å². The molecular formula is C14H8N4O2. The molecule has 0 saturated carbocycles. The van der Waals surface area contributed by atoms with Crippen LogP contribution in [-0.2, 0) is 0 Å². The second-order valence-electron chi connectivity index (χ2n) is 4.11. The Labute approximate surface area is 113 Å². The lowest BCUT2D eigenvalue weighted by Gasteiger charge is -2.04. The van der Waals surface area contributed by atoms with Crippen molar-refractivity contribution in [1.29, 1.82) is 0 Å². The molecule has 4 heterocycles. The van der Waals surface area contributed by atoms with Crippen LogP contribution in [0.5, 0.6) is 0 Å². The first-order chi connectivity index (χ1) is 9.92. The predicted molar refractivity (Wildman–Crippen MR) is 70.5 cm³/mol. The molecule has 0 fully saturated rings. The Bertz CT molecular complexity index is 781. The molecule has 0 aliphatic heterocycles. The highest BCUT2D eigenvalue weighted by Gasteiger charge is 2.17. The zero-order valence-electron chi connectivity index (χ0n) is 10.2. The molecule has 0 atom stereocenters. The van der Waals surface area contributed by atoms with Crippen molar-refractivity contribution in [3.8, 4) is 22.9 Å². The molecule has 96 valence electrons. The van der Waals surface area contributed by atoms with E-state index in [0.717, 1.165) is 0 Å². The highest BCUT2D eigenvalue weighted by molar-refractivity contribution is 5.80. The van der Waals surface area contributed by atoms with E-state index in [1.807, 2.05) is 12.1 Å². The van der Waals surface area contributed by atoms with Crippen LogP contribution in [0.1, 0.15) is 0 Å². The molecule has 0 saturated heterocycles. The van der Waals surface area contributed by atoms with Gasteiger partial charge in [0.15, 0.2) is 17.2 Å². The zero-order valence-corrected chi connectivity index (χ0v) is 10.2. The van der Waals surface area contributed by atoms with Crippen molar-refractivity contribution in [2.24, 2.45) is 0 Å². The summed E-state index contributed by atoms with van der Waals surface area (Å²) in [5.74, 6) is 1.24. The third-order valence-corrected chi connectivity index (χ3v) is 2.86. The molecule has 4 aromatic rings. The Balaban J connectivity index is 2.06. The van der Waals surface area contributed by atoms with E-state index in [2.05, 4.69) is 19.9 Å². The molecule has 0 aliphatic carbocycles. The van der Waals surface area contributed by atoms with E-state index in [0.29, 0.717) is 34.1 Å². The summed E-state index contributed by atoms with van der Waals surface area (Å²) in [5, 5.41) is 0. The fourth-order valence-corrected chi connectivity index (χ4v) is 1.98. The fraction of sp³-hybridized carbons (Fsp3) is 0. The first-order valence-electron chi connectivity index (χ1n) is 5.97. The van der Waals surface area contributed by atoms with E-state index < -0.39 is 0 Å². The van der Waals surface area contributed by atoms with Crippen molar-refractivity contribution in [3.05, 3.63) is 49.3 Å². The van der Waals surface area contributed by atoms with Gasteiger partial charge in [-0.25, -0.2) is 19.9 Å². The molecule has 0 spiro atoms. The van der Waals surface area contributed by atoms with Gasteiger partial charge in [-0.1, -0.05) is 0 Å². The number of fused-ring (bicyclic) bond motifs is 1. The van der Waals surface area contributed by atoms with Gasteiger partial charge in [-0.2, -0.15) is 0 Å². The van der Waals surface area contributed by atoms with Crippen LogP contribution in [-0.4, -0.2) is 19.9 Å². The number of hydrogen-bond acceptors (Lipinski definition) is 6. The maximum absolute atomic E-state index is 5.42. The summed E-state index contributed by atoms with van der Waals surface area (Å²) in [5.41, 5.74) is 2.32. The maximum Gasteiger partial charge on any atom is 0.182 e. The number of furan rings is 2. The molecule has 0 N–H and O–H groups in total. The summed E-state index contributed by atoms with van der Waals surface area (Å²) in [6.45, 7) is 0. The molecule has 6 nitrogen and oxygen atoms in total. The average Bonchev–Trinajstić information content (AvgIpc) is 3.19. The van der Waals surface area contributed by atoms with E-state index in [9.17, 15) is 0 Å².